The lowest BCUT2D eigenvalue weighted by Gasteiger charge is -2.24. The quantitative estimate of drug-likeness (QED) is 0.849. The number of carbonyl (C=O) groups is 1. The minimum atomic E-state index is -0.0530. The second-order valence-electron chi connectivity index (χ2n) is 6.20. The molecule has 0 spiro atoms. The summed E-state index contributed by atoms with van der Waals surface area (Å²) in [6, 6.07) is 17.5. The number of morpholine rings is 1. The fourth-order valence-corrected chi connectivity index (χ4v) is 2.81. The highest BCUT2D eigenvalue weighted by Crippen LogP contribution is 2.23. The fourth-order valence-electron chi connectivity index (χ4n) is 2.81. The van der Waals surface area contributed by atoms with E-state index in [1.165, 1.54) is 0 Å². The van der Waals surface area contributed by atoms with Crippen molar-refractivity contribution in [3.8, 4) is 11.5 Å². The van der Waals surface area contributed by atoms with Crippen LogP contribution >= 0.6 is 0 Å². The number of benzene rings is 2. The zero-order valence-electron chi connectivity index (χ0n) is 14.4. The van der Waals surface area contributed by atoms with E-state index in [0.717, 1.165) is 23.6 Å². The summed E-state index contributed by atoms with van der Waals surface area (Å²) in [6.07, 6.45) is 0.430. The zero-order valence-corrected chi connectivity index (χ0v) is 14.4. The van der Waals surface area contributed by atoms with E-state index < -0.39 is 0 Å². The van der Waals surface area contributed by atoms with E-state index in [4.69, 9.17) is 9.47 Å². The molecule has 0 aliphatic carbocycles. The van der Waals surface area contributed by atoms with Crippen molar-refractivity contribution in [3.63, 3.8) is 0 Å². The largest absolute Gasteiger partial charge is 0.457 e. The molecule has 0 aromatic heterocycles. The Bertz CT molecular complexity index is 667. The maximum Gasteiger partial charge on any atom is 0.222 e. The van der Waals surface area contributed by atoms with Gasteiger partial charge >= 0.3 is 0 Å². The molecule has 2 N–H and O–H groups in total. The number of ether oxygens (including phenoxy) is 2. The molecule has 2 atom stereocenters. The smallest absolute Gasteiger partial charge is 0.222 e. The summed E-state index contributed by atoms with van der Waals surface area (Å²) in [6.45, 7) is 4.09. The van der Waals surface area contributed by atoms with Crippen LogP contribution in [0.25, 0.3) is 0 Å². The summed E-state index contributed by atoms with van der Waals surface area (Å²) >= 11 is 0. The molecule has 1 aliphatic rings. The SMILES string of the molecule is CC(NC(=O)CC1COCCN1)c1ccc(Oc2ccccc2)cc1. The molecular weight excluding hydrogens is 316 g/mol. The summed E-state index contributed by atoms with van der Waals surface area (Å²) in [7, 11) is 0. The Labute approximate surface area is 148 Å². The number of carbonyl (C=O) groups excluding carboxylic acids is 1. The Balaban J connectivity index is 1.51. The van der Waals surface area contributed by atoms with Crippen molar-refractivity contribution in [1.29, 1.82) is 0 Å². The Kier molecular flexibility index (Phi) is 6.04. The number of amides is 1. The molecule has 132 valence electrons. The lowest BCUT2D eigenvalue weighted by atomic mass is 10.1. The summed E-state index contributed by atoms with van der Waals surface area (Å²) in [5, 5.41) is 6.33. The molecule has 0 bridgehead atoms. The minimum absolute atomic E-state index is 0.0279. The third-order valence-corrected chi connectivity index (χ3v) is 4.17. The molecule has 0 saturated carbocycles. The van der Waals surface area contributed by atoms with Gasteiger partial charge in [-0.25, -0.2) is 0 Å². The molecule has 1 saturated heterocycles. The summed E-state index contributed by atoms with van der Waals surface area (Å²) < 4.78 is 11.2. The van der Waals surface area contributed by atoms with E-state index in [0.29, 0.717) is 19.6 Å². The first-order chi connectivity index (χ1) is 12.2. The second-order valence-corrected chi connectivity index (χ2v) is 6.20. The van der Waals surface area contributed by atoms with Gasteiger partial charge in [-0.2, -0.15) is 0 Å². The Morgan fingerprint density at radius 3 is 2.60 bits per heavy atom. The molecule has 3 rings (SSSR count). The van der Waals surface area contributed by atoms with Gasteiger partial charge in [0.15, 0.2) is 0 Å². The van der Waals surface area contributed by atoms with E-state index in [2.05, 4.69) is 10.6 Å². The van der Waals surface area contributed by atoms with Gasteiger partial charge in [-0.05, 0) is 36.8 Å². The molecule has 2 aromatic rings. The van der Waals surface area contributed by atoms with E-state index in [9.17, 15) is 4.79 Å². The van der Waals surface area contributed by atoms with E-state index >= 15 is 0 Å². The van der Waals surface area contributed by atoms with Crippen molar-refractivity contribution in [3.05, 3.63) is 60.2 Å². The normalized spacial score (nSPS) is 18.4. The van der Waals surface area contributed by atoms with Crippen LogP contribution in [-0.4, -0.2) is 31.7 Å². The van der Waals surface area contributed by atoms with E-state index in [-0.39, 0.29) is 18.0 Å². The Morgan fingerprint density at radius 2 is 1.92 bits per heavy atom. The summed E-state index contributed by atoms with van der Waals surface area (Å²) in [5.41, 5.74) is 1.04. The Morgan fingerprint density at radius 1 is 1.20 bits per heavy atom. The van der Waals surface area contributed by atoms with Crippen molar-refractivity contribution < 1.29 is 14.3 Å². The topological polar surface area (TPSA) is 59.6 Å². The molecule has 1 amide bonds. The molecule has 5 nitrogen and oxygen atoms in total. The average molecular weight is 340 g/mol. The predicted molar refractivity (Wildman–Crippen MR) is 96.7 cm³/mol. The summed E-state index contributed by atoms with van der Waals surface area (Å²) in [5.74, 6) is 1.61. The van der Waals surface area contributed by atoms with Gasteiger partial charge in [0.25, 0.3) is 0 Å². The molecule has 5 heteroatoms. The first-order valence-electron chi connectivity index (χ1n) is 8.64. The average Bonchev–Trinajstić information content (AvgIpc) is 2.64. The highest BCUT2D eigenvalue weighted by Gasteiger charge is 2.18. The van der Waals surface area contributed by atoms with Crippen molar-refractivity contribution in [2.24, 2.45) is 0 Å². The van der Waals surface area contributed by atoms with E-state index in [1.807, 2.05) is 61.5 Å². The summed E-state index contributed by atoms with van der Waals surface area (Å²) in [4.78, 5) is 12.2. The third kappa shape index (κ3) is 5.31. The minimum Gasteiger partial charge on any atom is -0.457 e. The van der Waals surface area contributed by atoms with Gasteiger partial charge in [0.05, 0.1) is 19.3 Å². The first-order valence-corrected chi connectivity index (χ1v) is 8.64. The second kappa shape index (κ2) is 8.65. The standard InChI is InChI=1S/C20H24N2O3/c1-15(22-20(23)13-17-14-24-12-11-21-17)16-7-9-19(10-8-16)25-18-5-3-2-4-6-18/h2-10,15,17,21H,11-14H2,1H3,(H,22,23). The van der Waals surface area contributed by atoms with Crippen LogP contribution in [0.5, 0.6) is 11.5 Å². The molecule has 25 heavy (non-hydrogen) atoms. The molecule has 2 aromatic carbocycles. The van der Waals surface area contributed by atoms with Crippen LogP contribution in [0.15, 0.2) is 54.6 Å². The number of nitrogens with one attached hydrogen (secondary N) is 2. The van der Waals surface area contributed by atoms with Crippen LogP contribution in [0.2, 0.25) is 0 Å². The van der Waals surface area contributed by atoms with Crippen LogP contribution in [-0.2, 0) is 9.53 Å². The van der Waals surface area contributed by atoms with E-state index in [1.54, 1.807) is 0 Å². The molecule has 1 heterocycles. The van der Waals surface area contributed by atoms with Gasteiger partial charge in [-0.3, -0.25) is 4.79 Å². The van der Waals surface area contributed by atoms with Crippen LogP contribution in [0.1, 0.15) is 24.9 Å². The molecule has 1 aliphatic heterocycles. The molecule has 0 radical (unpaired) electrons. The highest BCUT2D eigenvalue weighted by molar-refractivity contribution is 5.77. The number of rotatable bonds is 6. The monoisotopic (exact) mass is 340 g/mol. The van der Waals surface area contributed by atoms with Crippen molar-refractivity contribution >= 4 is 5.91 Å². The first kappa shape index (κ1) is 17.5. The third-order valence-electron chi connectivity index (χ3n) is 4.17. The van der Waals surface area contributed by atoms with Gasteiger partial charge in [0.1, 0.15) is 11.5 Å². The maximum absolute atomic E-state index is 12.2. The van der Waals surface area contributed by atoms with Gasteiger partial charge in [-0.15, -0.1) is 0 Å². The Hall–Kier alpha value is -2.37. The number of hydrogen-bond acceptors (Lipinski definition) is 4. The zero-order chi connectivity index (χ0) is 17.5. The van der Waals surface area contributed by atoms with Crippen LogP contribution < -0.4 is 15.4 Å². The predicted octanol–water partition coefficient (Wildman–Crippen LogP) is 3.03. The van der Waals surface area contributed by atoms with Crippen molar-refractivity contribution in [1.82, 2.24) is 10.6 Å². The van der Waals surface area contributed by atoms with Gasteiger partial charge in [-0.1, -0.05) is 30.3 Å². The lowest BCUT2D eigenvalue weighted by Crippen LogP contribution is -2.44. The maximum atomic E-state index is 12.2. The van der Waals surface area contributed by atoms with Crippen LogP contribution in [0, 0.1) is 0 Å². The van der Waals surface area contributed by atoms with Crippen molar-refractivity contribution in [2.45, 2.75) is 25.4 Å². The number of hydrogen-bond donors (Lipinski definition) is 2. The number of para-hydroxylation sites is 1. The molecular formula is C20H24N2O3. The van der Waals surface area contributed by atoms with Gasteiger partial charge < -0.3 is 20.1 Å². The molecule has 1 fully saturated rings. The van der Waals surface area contributed by atoms with Crippen molar-refractivity contribution in [2.75, 3.05) is 19.8 Å². The highest BCUT2D eigenvalue weighted by atomic mass is 16.5. The lowest BCUT2D eigenvalue weighted by molar-refractivity contribution is -0.122. The van der Waals surface area contributed by atoms with Crippen LogP contribution in [0.4, 0.5) is 0 Å². The van der Waals surface area contributed by atoms with Crippen LogP contribution in [0.3, 0.4) is 0 Å². The fraction of sp³-hybridized carbons (Fsp3) is 0.350. The molecule has 2 unspecified atom stereocenters. The van der Waals surface area contributed by atoms with Gasteiger partial charge in [0.2, 0.25) is 5.91 Å². The van der Waals surface area contributed by atoms with Gasteiger partial charge in [0, 0.05) is 19.0 Å².